The van der Waals surface area contributed by atoms with E-state index in [0.29, 0.717) is 6.04 Å². The van der Waals surface area contributed by atoms with Crippen LogP contribution < -0.4 is 5.32 Å². The van der Waals surface area contributed by atoms with Gasteiger partial charge in [0.2, 0.25) is 0 Å². The number of nitrogens with zero attached hydrogens (tertiary/aromatic N) is 4. The third-order valence-electron chi connectivity index (χ3n) is 5.42. The number of nitrogens with one attached hydrogen (secondary N) is 1. The summed E-state index contributed by atoms with van der Waals surface area (Å²) in [6.07, 6.45) is 11.8. The lowest BCUT2D eigenvalue weighted by Gasteiger charge is -2.39. The van der Waals surface area contributed by atoms with E-state index in [9.17, 15) is 0 Å². The van der Waals surface area contributed by atoms with Crippen molar-refractivity contribution in [3.05, 3.63) is 11.9 Å². The monoisotopic (exact) mass is 319 g/mol. The van der Waals surface area contributed by atoms with Crippen LogP contribution >= 0.6 is 0 Å². The van der Waals surface area contributed by atoms with Crippen LogP contribution in [0.4, 0.5) is 0 Å². The van der Waals surface area contributed by atoms with Gasteiger partial charge in [0.25, 0.3) is 0 Å². The number of piperidine rings is 1. The Hall–Kier alpha value is -0.940. The Morgan fingerprint density at radius 2 is 1.78 bits per heavy atom. The van der Waals surface area contributed by atoms with Gasteiger partial charge in [-0.25, -0.2) is 4.68 Å². The highest BCUT2D eigenvalue weighted by atomic mass is 15.4. The Morgan fingerprint density at radius 1 is 1.09 bits per heavy atom. The predicted octanol–water partition coefficient (Wildman–Crippen LogP) is 2.92. The Balaban J connectivity index is 1.41. The minimum absolute atomic E-state index is 0.0105. The molecule has 2 heterocycles. The minimum atomic E-state index is 0.0105. The van der Waals surface area contributed by atoms with E-state index in [1.165, 1.54) is 58.0 Å². The smallest absolute Gasteiger partial charge is 0.0965 e. The zero-order valence-corrected chi connectivity index (χ0v) is 15.1. The van der Waals surface area contributed by atoms with E-state index >= 15 is 0 Å². The number of likely N-dealkylation sites (tertiary alicyclic amines) is 1. The molecule has 1 saturated carbocycles. The summed E-state index contributed by atoms with van der Waals surface area (Å²) in [6.45, 7) is 9.82. The zero-order chi connectivity index (χ0) is 16.3. The molecule has 1 aromatic heterocycles. The van der Waals surface area contributed by atoms with E-state index < -0.39 is 0 Å². The molecule has 1 aliphatic heterocycles. The number of rotatable bonds is 4. The van der Waals surface area contributed by atoms with Crippen molar-refractivity contribution in [3.8, 4) is 0 Å². The van der Waals surface area contributed by atoms with Crippen LogP contribution in [0.1, 0.15) is 71.4 Å². The molecule has 0 radical (unpaired) electrons. The molecular formula is C18H33N5. The first-order valence-electron chi connectivity index (χ1n) is 9.41. The maximum Gasteiger partial charge on any atom is 0.0965 e. The summed E-state index contributed by atoms with van der Waals surface area (Å²) in [5.74, 6) is 0. The molecule has 0 amide bonds. The molecule has 5 heteroatoms. The normalized spacial score (nSPS) is 22.6. The van der Waals surface area contributed by atoms with Crippen LogP contribution in [0.15, 0.2) is 6.20 Å². The van der Waals surface area contributed by atoms with Gasteiger partial charge >= 0.3 is 0 Å². The molecule has 1 saturated heterocycles. The molecule has 1 N–H and O–H groups in total. The van der Waals surface area contributed by atoms with Crippen molar-refractivity contribution in [3.63, 3.8) is 0 Å². The molecule has 0 bridgehead atoms. The third kappa shape index (κ3) is 4.54. The van der Waals surface area contributed by atoms with E-state index in [2.05, 4.69) is 47.5 Å². The lowest BCUT2D eigenvalue weighted by molar-refractivity contribution is 0.115. The molecule has 0 atom stereocenters. The van der Waals surface area contributed by atoms with Crippen molar-refractivity contribution in [1.29, 1.82) is 0 Å². The van der Waals surface area contributed by atoms with Gasteiger partial charge in [0.05, 0.1) is 17.4 Å². The molecular weight excluding hydrogens is 286 g/mol. The summed E-state index contributed by atoms with van der Waals surface area (Å²) in [5, 5.41) is 12.2. The minimum Gasteiger partial charge on any atom is -0.308 e. The average Bonchev–Trinajstić information content (AvgIpc) is 3.04. The molecule has 0 aromatic carbocycles. The van der Waals surface area contributed by atoms with E-state index in [-0.39, 0.29) is 5.54 Å². The van der Waals surface area contributed by atoms with Crippen molar-refractivity contribution >= 4 is 0 Å². The fraction of sp³-hybridized carbons (Fsp3) is 0.889. The van der Waals surface area contributed by atoms with Crippen molar-refractivity contribution in [2.75, 3.05) is 13.1 Å². The molecule has 2 aliphatic rings. The topological polar surface area (TPSA) is 46.0 Å². The van der Waals surface area contributed by atoms with Gasteiger partial charge in [0, 0.05) is 18.6 Å². The molecule has 23 heavy (non-hydrogen) atoms. The van der Waals surface area contributed by atoms with Gasteiger partial charge < -0.3 is 10.2 Å². The molecule has 1 aliphatic carbocycles. The molecule has 0 spiro atoms. The molecule has 3 rings (SSSR count). The summed E-state index contributed by atoms with van der Waals surface area (Å²) in [4.78, 5) is 2.74. The second-order valence-corrected chi connectivity index (χ2v) is 8.31. The standard InChI is InChI=1S/C18H33N5/c1-18(2,3)23-14-16(20-21-23)13-19-15-9-11-22(12-10-15)17-7-5-4-6-8-17/h14-15,17,19H,4-13H2,1-3H3. The van der Waals surface area contributed by atoms with Gasteiger partial charge in [-0.05, 0) is 59.5 Å². The Bertz CT molecular complexity index is 476. The number of hydrogen-bond donors (Lipinski definition) is 1. The molecule has 5 nitrogen and oxygen atoms in total. The summed E-state index contributed by atoms with van der Waals surface area (Å²) in [7, 11) is 0. The summed E-state index contributed by atoms with van der Waals surface area (Å²) < 4.78 is 1.95. The first kappa shape index (κ1) is 16.9. The lowest BCUT2D eigenvalue weighted by atomic mass is 9.92. The fourth-order valence-electron chi connectivity index (χ4n) is 3.87. The highest BCUT2D eigenvalue weighted by Gasteiger charge is 2.26. The summed E-state index contributed by atoms with van der Waals surface area (Å²) in [5.41, 5.74) is 1.06. The largest absolute Gasteiger partial charge is 0.308 e. The molecule has 1 aromatic rings. The van der Waals surface area contributed by atoms with E-state index in [0.717, 1.165) is 18.3 Å². The van der Waals surface area contributed by atoms with Crippen molar-refractivity contribution in [2.24, 2.45) is 0 Å². The van der Waals surface area contributed by atoms with Crippen molar-refractivity contribution in [2.45, 2.75) is 89.9 Å². The third-order valence-corrected chi connectivity index (χ3v) is 5.42. The highest BCUT2D eigenvalue weighted by Crippen LogP contribution is 2.25. The van der Waals surface area contributed by atoms with E-state index in [1.807, 2.05) is 4.68 Å². The van der Waals surface area contributed by atoms with Gasteiger partial charge in [-0.1, -0.05) is 24.5 Å². The average molecular weight is 319 g/mol. The van der Waals surface area contributed by atoms with Crippen LogP contribution in [-0.4, -0.2) is 45.1 Å². The van der Waals surface area contributed by atoms with E-state index in [1.54, 1.807) is 0 Å². The maximum atomic E-state index is 4.30. The van der Waals surface area contributed by atoms with Crippen molar-refractivity contribution < 1.29 is 0 Å². The van der Waals surface area contributed by atoms with Crippen molar-refractivity contribution in [1.82, 2.24) is 25.2 Å². The second kappa shape index (κ2) is 7.31. The van der Waals surface area contributed by atoms with Crippen LogP contribution in [0.5, 0.6) is 0 Å². The Morgan fingerprint density at radius 3 is 2.39 bits per heavy atom. The van der Waals surface area contributed by atoms with Gasteiger partial charge in [-0.15, -0.1) is 5.10 Å². The van der Waals surface area contributed by atoms with Gasteiger partial charge in [0.15, 0.2) is 0 Å². The summed E-state index contributed by atoms with van der Waals surface area (Å²) >= 11 is 0. The van der Waals surface area contributed by atoms with Crippen LogP contribution in [0, 0.1) is 0 Å². The Kier molecular flexibility index (Phi) is 5.37. The quantitative estimate of drug-likeness (QED) is 0.927. The van der Waals surface area contributed by atoms with Gasteiger partial charge in [0.1, 0.15) is 0 Å². The lowest BCUT2D eigenvalue weighted by Crippen LogP contribution is -2.47. The molecule has 130 valence electrons. The van der Waals surface area contributed by atoms with E-state index in [4.69, 9.17) is 0 Å². The van der Waals surface area contributed by atoms with Gasteiger partial charge in [-0.2, -0.15) is 0 Å². The first-order chi connectivity index (χ1) is 11.0. The van der Waals surface area contributed by atoms with Crippen LogP contribution in [0.25, 0.3) is 0 Å². The first-order valence-corrected chi connectivity index (χ1v) is 9.41. The second-order valence-electron chi connectivity index (χ2n) is 8.31. The van der Waals surface area contributed by atoms with Gasteiger partial charge in [-0.3, -0.25) is 0 Å². The number of aromatic nitrogens is 3. The fourth-order valence-corrected chi connectivity index (χ4v) is 3.87. The predicted molar refractivity (Wildman–Crippen MR) is 93.3 cm³/mol. The van der Waals surface area contributed by atoms with Crippen LogP contribution in [0.2, 0.25) is 0 Å². The number of hydrogen-bond acceptors (Lipinski definition) is 4. The Labute approximate surface area is 140 Å². The summed E-state index contributed by atoms with van der Waals surface area (Å²) in [6, 6.07) is 1.51. The van der Waals surface area contributed by atoms with Crippen LogP contribution in [0.3, 0.4) is 0 Å². The SMILES string of the molecule is CC(C)(C)n1cc(CNC2CCN(C3CCCCC3)CC2)nn1. The molecule has 0 unspecified atom stereocenters. The maximum absolute atomic E-state index is 4.30. The zero-order valence-electron chi connectivity index (χ0n) is 15.1. The molecule has 2 fully saturated rings. The highest BCUT2D eigenvalue weighted by molar-refractivity contribution is 4.95. The van der Waals surface area contributed by atoms with Crippen LogP contribution in [-0.2, 0) is 12.1 Å².